The van der Waals surface area contributed by atoms with Crippen molar-refractivity contribution >= 4 is 52.5 Å². The van der Waals surface area contributed by atoms with E-state index in [1.807, 2.05) is 67.0 Å². The maximum absolute atomic E-state index is 12.5. The number of benzene rings is 2. The molecule has 0 bridgehead atoms. The first-order valence-corrected chi connectivity index (χ1v) is 18.6. The molecule has 0 radical (unpaired) electrons. The van der Waals surface area contributed by atoms with Crippen LogP contribution in [0.5, 0.6) is 0 Å². The van der Waals surface area contributed by atoms with Gasteiger partial charge in [-0.1, -0.05) is 47.5 Å². The van der Waals surface area contributed by atoms with Gasteiger partial charge in [-0.2, -0.15) is 0 Å². The zero-order chi connectivity index (χ0) is 35.5. The predicted molar refractivity (Wildman–Crippen MR) is 206 cm³/mol. The highest BCUT2D eigenvalue weighted by Gasteiger charge is 2.35. The molecular weight excluding hydrogens is 679 g/mol. The van der Waals surface area contributed by atoms with Crippen LogP contribution in [0.25, 0.3) is 23.3 Å². The molecule has 0 spiro atoms. The van der Waals surface area contributed by atoms with Gasteiger partial charge in [0.05, 0.1) is 30.7 Å². The zero-order valence-electron chi connectivity index (χ0n) is 29.1. The van der Waals surface area contributed by atoms with Crippen molar-refractivity contribution in [2.24, 2.45) is 11.8 Å². The van der Waals surface area contributed by atoms with Gasteiger partial charge < -0.3 is 20.1 Å². The molecule has 4 aliphatic rings. The maximum Gasteiger partial charge on any atom is 0.338 e. The molecule has 2 fully saturated rings. The highest BCUT2D eigenvalue weighted by molar-refractivity contribution is 6.31. The Hall–Kier alpha value is -3.85. The number of ether oxygens (including phenoxy) is 1. The lowest BCUT2D eigenvalue weighted by Crippen LogP contribution is -2.33. The van der Waals surface area contributed by atoms with E-state index in [9.17, 15) is 9.90 Å². The minimum atomic E-state index is -0.353. The van der Waals surface area contributed by atoms with Gasteiger partial charge in [0.25, 0.3) is 0 Å². The van der Waals surface area contributed by atoms with Gasteiger partial charge in [0.15, 0.2) is 0 Å². The Labute approximate surface area is 310 Å². The predicted octanol–water partition coefficient (Wildman–Crippen LogP) is 7.95. The number of carbonyl (C=O) groups is 1. The fraction of sp³-hybridized carbons (Fsp3) is 0.357. The van der Waals surface area contributed by atoms with Crippen LogP contribution in [0.15, 0.2) is 73.1 Å². The second kappa shape index (κ2) is 15.8. The van der Waals surface area contributed by atoms with Crippen molar-refractivity contribution in [2.75, 3.05) is 46.9 Å². The van der Waals surface area contributed by atoms with E-state index >= 15 is 0 Å². The summed E-state index contributed by atoms with van der Waals surface area (Å²) >= 11 is 12.6. The van der Waals surface area contributed by atoms with E-state index in [4.69, 9.17) is 37.9 Å². The Balaban J connectivity index is 0.000000159. The molecule has 51 heavy (non-hydrogen) atoms. The monoisotopic (exact) mass is 722 g/mol. The summed E-state index contributed by atoms with van der Waals surface area (Å²) in [5.74, 6) is 1.05. The smallest absolute Gasteiger partial charge is 0.338 e. The van der Waals surface area contributed by atoms with Crippen molar-refractivity contribution < 1.29 is 14.6 Å². The molecule has 2 saturated heterocycles. The number of hydrogen-bond donors (Lipinski definition) is 2. The fourth-order valence-corrected chi connectivity index (χ4v) is 8.78. The summed E-state index contributed by atoms with van der Waals surface area (Å²) in [5.41, 5.74) is 9.98. The second-order valence-electron chi connectivity index (χ2n) is 14.0. The van der Waals surface area contributed by atoms with Gasteiger partial charge in [-0.3, -0.25) is 9.97 Å². The first-order chi connectivity index (χ1) is 24.9. The molecule has 8 rings (SSSR count). The Morgan fingerprint density at radius 2 is 1.37 bits per heavy atom. The van der Waals surface area contributed by atoms with Crippen LogP contribution in [0, 0.1) is 11.8 Å². The average molecular weight is 724 g/mol. The summed E-state index contributed by atoms with van der Waals surface area (Å²) in [6.07, 6.45) is 12.2. The molecule has 9 heteroatoms. The number of carbonyl (C=O) groups excluding carboxylic acids is 1. The number of esters is 1. The van der Waals surface area contributed by atoms with E-state index in [0.29, 0.717) is 27.5 Å². The third kappa shape index (κ3) is 7.41. The molecule has 2 N–H and O–H groups in total. The van der Waals surface area contributed by atoms with Crippen molar-refractivity contribution in [2.45, 2.75) is 37.5 Å². The van der Waals surface area contributed by atoms with E-state index in [2.05, 4.69) is 35.5 Å². The van der Waals surface area contributed by atoms with Gasteiger partial charge in [-0.15, -0.1) is 0 Å². The lowest BCUT2D eigenvalue weighted by molar-refractivity contribution is -0.133. The van der Waals surface area contributed by atoms with Crippen LogP contribution < -0.4 is 5.32 Å². The van der Waals surface area contributed by atoms with Crippen molar-refractivity contribution in [3.63, 3.8) is 0 Å². The number of halogens is 2. The molecule has 4 aromatic rings. The number of pyridine rings is 2. The van der Waals surface area contributed by atoms with Crippen LogP contribution in [0.3, 0.4) is 0 Å². The van der Waals surface area contributed by atoms with E-state index in [-0.39, 0.29) is 24.4 Å². The number of nitrogens with one attached hydrogen (secondary N) is 1. The number of nitrogens with zero attached hydrogens (tertiary/aromatic N) is 3. The highest BCUT2D eigenvalue weighted by atomic mass is 35.5. The number of likely N-dealkylation sites (tertiary alicyclic amines) is 1. The number of piperidine rings is 2. The van der Waals surface area contributed by atoms with Gasteiger partial charge in [0, 0.05) is 34.3 Å². The SMILES string of the molecule is CN1CCC(C2c3ccc(Cl)cc3C(CO)=Cc3cccnc32)CC1.COC(=O)C1=Cc2cccnc2C(C2CCNCC2)c2ccc(Cl)cc21. The van der Waals surface area contributed by atoms with E-state index in [1.54, 1.807) is 0 Å². The molecule has 2 aromatic heterocycles. The van der Waals surface area contributed by atoms with Gasteiger partial charge in [-0.25, -0.2) is 4.79 Å². The number of aliphatic hydroxyl groups is 1. The Morgan fingerprint density at radius 1 is 0.824 bits per heavy atom. The first kappa shape index (κ1) is 35.5. The summed E-state index contributed by atoms with van der Waals surface area (Å²) in [6, 6.07) is 19.9. The Morgan fingerprint density at radius 3 is 1.96 bits per heavy atom. The Kier molecular flexibility index (Phi) is 11.0. The summed E-state index contributed by atoms with van der Waals surface area (Å²) in [4.78, 5) is 24.4. The lowest BCUT2D eigenvalue weighted by atomic mass is 9.76. The number of aromatic nitrogens is 2. The molecule has 7 nitrogen and oxygen atoms in total. The lowest BCUT2D eigenvalue weighted by Gasteiger charge is -2.35. The minimum absolute atomic E-state index is 0.00179. The van der Waals surface area contributed by atoms with Gasteiger partial charge in [0.2, 0.25) is 0 Å². The molecule has 2 atom stereocenters. The quantitative estimate of drug-likeness (QED) is 0.207. The summed E-state index contributed by atoms with van der Waals surface area (Å²) in [7, 11) is 3.60. The van der Waals surface area contributed by atoms with Crippen molar-refractivity contribution in [1.29, 1.82) is 0 Å². The first-order valence-electron chi connectivity index (χ1n) is 17.9. The van der Waals surface area contributed by atoms with Gasteiger partial charge in [-0.05, 0) is 158 Å². The third-order valence-electron chi connectivity index (χ3n) is 11.0. The summed E-state index contributed by atoms with van der Waals surface area (Å²) in [5, 5.41) is 14.7. The number of fused-ring (bicyclic) bond motifs is 4. The molecule has 2 aliphatic carbocycles. The molecule has 2 aliphatic heterocycles. The van der Waals surface area contributed by atoms with E-state index in [1.165, 1.54) is 12.7 Å². The van der Waals surface area contributed by atoms with Gasteiger partial charge >= 0.3 is 5.97 Å². The van der Waals surface area contributed by atoms with E-state index in [0.717, 1.165) is 96.6 Å². The molecule has 0 saturated carbocycles. The summed E-state index contributed by atoms with van der Waals surface area (Å²) in [6.45, 7) is 4.24. The molecule has 264 valence electrons. The molecule has 2 aromatic carbocycles. The van der Waals surface area contributed by atoms with Crippen LogP contribution in [0.4, 0.5) is 0 Å². The third-order valence-corrected chi connectivity index (χ3v) is 11.4. The largest absolute Gasteiger partial charge is 0.465 e. The number of hydrogen-bond acceptors (Lipinski definition) is 7. The number of methoxy groups -OCH3 is 1. The second-order valence-corrected chi connectivity index (χ2v) is 14.9. The van der Waals surface area contributed by atoms with Crippen molar-refractivity contribution in [1.82, 2.24) is 20.2 Å². The molecule has 4 heterocycles. The minimum Gasteiger partial charge on any atom is -0.465 e. The average Bonchev–Trinajstić information content (AvgIpc) is 3.39. The normalized spacial score (nSPS) is 20.5. The fourth-order valence-electron chi connectivity index (χ4n) is 8.43. The summed E-state index contributed by atoms with van der Waals surface area (Å²) < 4.78 is 5.06. The number of aliphatic hydroxyl groups excluding tert-OH is 1. The van der Waals surface area contributed by atoms with Crippen LogP contribution in [-0.2, 0) is 9.53 Å². The number of rotatable bonds is 4. The van der Waals surface area contributed by atoms with E-state index < -0.39 is 0 Å². The molecule has 2 unspecified atom stereocenters. The van der Waals surface area contributed by atoms with Crippen LogP contribution in [0.1, 0.15) is 82.3 Å². The van der Waals surface area contributed by atoms with Gasteiger partial charge in [0.1, 0.15) is 0 Å². The molecule has 0 amide bonds. The van der Waals surface area contributed by atoms with Crippen molar-refractivity contribution in [3.05, 3.63) is 128 Å². The van der Waals surface area contributed by atoms with Crippen molar-refractivity contribution in [3.8, 4) is 0 Å². The van der Waals surface area contributed by atoms with Crippen LogP contribution in [0.2, 0.25) is 10.0 Å². The van der Waals surface area contributed by atoms with Crippen LogP contribution in [-0.4, -0.2) is 72.9 Å². The standard InChI is InChI=1S/C21H21ClN2O2.C21H23ClN2O/c1-26-21(25)18-11-14-3-2-8-24-20(14)19(13-6-9-23-10-7-13)16-5-4-15(22)12-17(16)18;1-24-9-6-14(7-10-24)20-18-5-4-17(22)12-19(18)16(13-25)11-15-3-2-8-23-21(15)20/h2-5,8,11-13,19,23H,6-7,9-10H2,1H3;2-5,8,11-12,14,20,25H,6-7,9-10,13H2,1H3. The van der Waals surface area contributed by atoms with Crippen LogP contribution >= 0.6 is 23.2 Å². The topological polar surface area (TPSA) is 87.6 Å². The zero-order valence-corrected chi connectivity index (χ0v) is 30.6. The Bertz CT molecular complexity index is 1960. The molecular formula is C42H44Cl2N4O3. The highest BCUT2D eigenvalue weighted by Crippen LogP contribution is 2.46. The maximum atomic E-state index is 12.5.